The Labute approximate surface area is 122 Å². The van der Waals surface area contributed by atoms with Crippen LogP contribution in [0.1, 0.15) is 24.8 Å². The second-order valence-corrected chi connectivity index (χ2v) is 4.43. The molecule has 1 amide bonds. The molecule has 0 unspecified atom stereocenters. The zero-order valence-electron chi connectivity index (χ0n) is 11.5. The first-order valence-corrected chi connectivity index (χ1v) is 6.54. The molecule has 1 aromatic rings. The minimum atomic E-state index is -0.551. The van der Waals surface area contributed by atoms with Crippen molar-refractivity contribution in [3.05, 3.63) is 35.4 Å². The molecule has 0 saturated carbocycles. The van der Waals surface area contributed by atoms with Gasteiger partial charge < -0.3 is 4.90 Å². The van der Waals surface area contributed by atoms with Crippen molar-refractivity contribution in [1.82, 2.24) is 4.90 Å². The Bertz CT molecular complexity index is 557. The minimum Gasteiger partial charge on any atom is -0.341 e. The van der Waals surface area contributed by atoms with Crippen molar-refractivity contribution in [2.75, 3.05) is 13.1 Å². The third-order valence-corrected chi connectivity index (χ3v) is 2.96. The number of carbonyl (C=O) groups excluding carboxylic acids is 1. The van der Waals surface area contributed by atoms with E-state index in [-0.39, 0.29) is 50.2 Å². The lowest BCUT2D eigenvalue weighted by atomic mass is 10.1. The van der Waals surface area contributed by atoms with Crippen molar-refractivity contribution in [2.24, 2.45) is 0 Å². The standard InChI is InChI=1S/C15H15F2N3O/c16-13-4-5-14(17)12(11-13)3-6-15(21)20(9-1-7-18)10-2-8-19/h4-5,11H,1-3,6,9-10H2. The van der Waals surface area contributed by atoms with Gasteiger partial charge in [0, 0.05) is 19.5 Å². The molecule has 0 bridgehead atoms. The summed E-state index contributed by atoms with van der Waals surface area (Å²) in [6, 6.07) is 6.98. The van der Waals surface area contributed by atoms with E-state index in [0.29, 0.717) is 0 Å². The van der Waals surface area contributed by atoms with Gasteiger partial charge in [-0.1, -0.05) is 0 Å². The highest BCUT2D eigenvalue weighted by Crippen LogP contribution is 2.12. The van der Waals surface area contributed by atoms with Gasteiger partial charge in [0.15, 0.2) is 0 Å². The van der Waals surface area contributed by atoms with Gasteiger partial charge in [-0.3, -0.25) is 4.79 Å². The molecular formula is C15H15F2N3O. The van der Waals surface area contributed by atoms with Crippen molar-refractivity contribution < 1.29 is 13.6 Å². The summed E-state index contributed by atoms with van der Waals surface area (Å²) in [6.45, 7) is 0.477. The summed E-state index contributed by atoms with van der Waals surface area (Å²) in [4.78, 5) is 13.4. The number of carbonyl (C=O) groups is 1. The van der Waals surface area contributed by atoms with Crippen LogP contribution in [-0.2, 0) is 11.2 Å². The summed E-state index contributed by atoms with van der Waals surface area (Å²) in [5.41, 5.74) is 0.142. The van der Waals surface area contributed by atoms with E-state index < -0.39 is 11.6 Å². The molecule has 0 saturated heterocycles. The fraction of sp³-hybridized carbons (Fsp3) is 0.400. The highest BCUT2D eigenvalue weighted by atomic mass is 19.1. The van der Waals surface area contributed by atoms with E-state index >= 15 is 0 Å². The molecule has 0 fully saturated rings. The van der Waals surface area contributed by atoms with Gasteiger partial charge in [0.2, 0.25) is 5.91 Å². The Morgan fingerprint density at radius 1 is 1.14 bits per heavy atom. The van der Waals surface area contributed by atoms with E-state index in [9.17, 15) is 13.6 Å². The monoisotopic (exact) mass is 291 g/mol. The van der Waals surface area contributed by atoms with E-state index in [2.05, 4.69) is 0 Å². The number of nitriles is 2. The van der Waals surface area contributed by atoms with Crippen LogP contribution < -0.4 is 0 Å². The van der Waals surface area contributed by atoms with Crippen LogP contribution in [0.2, 0.25) is 0 Å². The summed E-state index contributed by atoms with van der Waals surface area (Å²) in [5.74, 6) is -1.38. The molecule has 110 valence electrons. The topological polar surface area (TPSA) is 67.9 Å². The summed E-state index contributed by atoms with van der Waals surface area (Å²) in [6.07, 6.45) is 0.437. The zero-order valence-corrected chi connectivity index (χ0v) is 11.5. The molecule has 0 atom stereocenters. The Morgan fingerprint density at radius 2 is 1.76 bits per heavy atom. The van der Waals surface area contributed by atoms with Gasteiger partial charge >= 0.3 is 0 Å². The Hall–Kier alpha value is -2.47. The molecule has 21 heavy (non-hydrogen) atoms. The highest BCUT2D eigenvalue weighted by Gasteiger charge is 2.14. The molecule has 0 aromatic heterocycles. The molecule has 0 aliphatic carbocycles. The predicted octanol–water partition coefficient (Wildman–Crippen LogP) is 2.55. The van der Waals surface area contributed by atoms with Crippen molar-refractivity contribution >= 4 is 5.91 Å². The second kappa shape index (κ2) is 8.65. The van der Waals surface area contributed by atoms with Crippen molar-refractivity contribution in [2.45, 2.75) is 25.7 Å². The molecule has 1 aromatic carbocycles. The largest absolute Gasteiger partial charge is 0.341 e. The molecule has 0 aliphatic heterocycles. The molecule has 0 heterocycles. The quantitative estimate of drug-likeness (QED) is 0.775. The average molecular weight is 291 g/mol. The van der Waals surface area contributed by atoms with Gasteiger partial charge in [-0.2, -0.15) is 10.5 Å². The third kappa shape index (κ3) is 5.58. The van der Waals surface area contributed by atoms with E-state index in [4.69, 9.17) is 10.5 Å². The van der Waals surface area contributed by atoms with Crippen LogP contribution in [-0.4, -0.2) is 23.9 Å². The molecule has 0 aliphatic rings. The normalized spacial score (nSPS) is 9.71. The van der Waals surface area contributed by atoms with E-state index in [0.717, 1.165) is 18.2 Å². The van der Waals surface area contributed by atoms with E-state index in [1.807, 2.05) is 12.1 Å². The molecule has 1 rings (SSSR count). The number of benzene rings is 1. The number of amides is 1. The Kier molecular flexibility index (Phi) is 6.83. The lowest BCUT2D eigenvalue weighted by Crippen LogP contribution is -2.33. The first-order valence-electron chi connectivity index (χ1n) is 6.54. The molecule has 0 radical (unpaired) electrons. The second-order valence-electron chi connectivity index (χ2n) is 4.43. The average Bonchev–Trinajstić information content (AvgIpc) is 2.48. The Morgan fingerprint density at radius 3 is 2.33 bits per heavy atom. The Balaban J connectivity index is 2.62. The maximum atomic E-state index is 13.4. The first-order chi connectivity index (χ1) is 10.1. The number of nitrogens with zero attached hydrogens (tertiary/aromatic N) is 3. The van der Waals surface area contributed by atoms with Gasteiger partial charge in [-0.25, -0.2) is 8.78 Å². The van der Waals surface area contributed by atoms with Gasteiger partial charge in [-0.15, -0.1) is 0 Å². The van der Waals surface area contributed by atoms with E-state index in [1.165, 1.54) is 4.90 Å². The van der Waals surface area contributed by atoms with Gasteiger partial charge in [-0.05, 0) is 30.2 Å². The summed E-state index contributed by atoms with van der Waals surface area (Å²) in [5, 5.41) is 17.1. The van der Waals surface area contributed by atoms with Crippen LogP contribution >= 0.6 is 0 Å². The van der Waals surface area contributed by atoms with Crippen LogP contribution in [0.3, 0.4) is 0 Å². The van der Waals surface area contributed by atoms with Crippen LogP contribution in [0.5, 0.6) is 0 Å². The number of hydrogen-bond acceptors (Lipinski definition) is 3. The fourth-order valence-corrected chi connectivity index (χ4v) is 1.87. The van der Waals surface area contributed by atoms with Crippen molar-refractivity contribution in [1.29, 1.82) is 10.5 Å². The van der Waals surface area contributed by atoms with Crippen molar-refractivity contribution in [3.8, 4) is 12.1 Å². The van der Waals surface area contributed by atoms with Crippen LogP contribution in [0, 0.1) is 34.3 Å². The smallest absolute Gasteiger partial charge is 0.222 e. The van der Waals surface area contributed by atoms with Crippen LogP contribution in [0.25, 0.3) is 0 Å². The molecule has 6 heteroatoms. The van der Waals surface area contributed by atoms with Crippen LogP contribution in [0.4, 0.5) is 8.78 Å². The van der Waals surface area contributed by atoms with Crippen LogP contribution in [0.15, 0.2) is 18.2 Å². The molecular weight excluding hydrogens is 276 g/mol. The highest BCUT2D eigenvalue weighted by molar-refractivity contribution is 5.76. The number of rotatable bonds is 7. The van der Waals surface area contributed by atoms with E-state index in [1.54, 1.807) is 0 Å². The minimum absolute atomic E-state index is 0.0111. The molecule has 0 spiro atoms. The summed E-state index contributed by atoms with van der Waals surface area (Å²) < 4.78 is 26.5. The maximum absolute atomic E-state index is 13.4. The molecule has 0 N–H and O–H groups in total. The van der Waals surface area contributed by atoms with Gasteiger partial charge in [0.05, 0.1) is 25.0 Å². The predicted molar refractivity (Wildman–Crippen MR) is 71.7 cm³/mol. The third-order valence-electron chi connectivity index (χ3n) is 2.96. The first kappa shape index (κ1) is 16.6. The SMILES string of the molecule is N#CCCN(CCC#N)C(=O)CCc1cc(F)ccc1F. The summed E-state index contributed by atoms with van der Waals surface area (Å²) >= 11 is 0. The van der Waals surface area contributed by atoms with Gasteiger partial charge in [0.1, 0.15) is 11.6 Å². The number of hydrogen-bond donors (Lipinski definition) is 0. The molecule has 4 nitrogen and oxygen atoms in total. The maximum Gasteiger partial charge on any atom is 0.222 e. The lowest BCUT2D eigenvalue weighted by molar-refractivity contribution is -0.131. The number of aryl methyl sites for hydroxylation is 1. The van der Waals surface area contributed by atoms with Crippen molar-refractivity contribution in [3.63, 3.8) is 0 Å². The summed E-state index contributed by atoms with van der Waals surface area (Å²) in [7, 11) is 0. The zero-order chi connectivity index (χ0) is 15.7. The van der Waals surface area contributed by atoms with Gasteiger partial charge in [0.25, 0.3) is 0 Å². The fourth-order valence-electron chi connectivity index (χ4n) is 1.87. The number of halogens is 2. The lowest BCUT2D eigenvalue weighted by Gasteiger charge is -2.20.